The predicted molar refractivity (Wildman–Crippen MR) is 88.4 cm³/mol. The van der Waals surface area contributed by atoms with E-state index in [0.717, 1.165) is 30.5 Å². The standard InChI is InChI=1S/C14H21BrN4O4/c1-23-9-14(2-4-16-5-3-14)8-17-11(20)7-19-6-10(15)12(21)18-13(19)22/h6,16H,2-5,7-9H2,1H3,(H,17,20)(H,18,21,22). The molecular formula is C14H21BrN4O4. The maximum atomic E-state index is 12.1. The molecule has 0 aromatic carbocycles. The Morgan fingerprint density at radius 1 is 1.43 bits per heavy atom. The molecule has 0 saturated carbocycles. The smallest absolute Gasteiger partial charge is 0.328 e. The SMILES string of the molecule is COCC1(CNC(=O)Cn2cc(Br)c(=O)[nH]c2=O)CCNCC1. The number of H-pyrrole nitrogens is 1. The lowest BCUT2D eigenvalue weighted by atomic mass is 9.79. The second-order valence-corrected chi connectivity index (χ2v) is 6.68. The van der Waals surface area contributed by atoms with E-state index in [1.165, 1.54) is 6.20 Å². The van der Waals surface area contributed by atoms with E-state index in [-0.39, 0.29) is 22.3 Å². The molecule has 0 unspecified atom stereocenters. The Labute approximate surface area is 141 Å². The van der Waals surface area contributed by atoms with Gasteiger partial charge in [0.25, 0.3) is 5.56 Å². The third kappa shape index (κ3) is 4.76. The molecule has 0 aliphatic carbocycles. The molecule has 1 aliphatic rings. The van der Waals surface area contributed by atoms with Crippen molar-refractivity contribution in [1.29, 1.82) is 0 Å². The maximum absolute atomic E-state index is 12.1. The van der Waals surface area contributed by atoms with Gasteiger partial charge in [-0.05, 0) is 41.9 Å². The van der Waals surface area contributed by atoms with E-state index >= 15 is 0 Å². The van der Waals surface area contributed by atoms with E-state index in [2.05, 4.69) is 31.5 Å². The van der Waals surface area contributed by atoms with Crippen molar-refractivity contribution in [3.63, 3.8) is 0 Å². The average Bonchev–Trinajstić information content (AvgIpc) is 2.52. The molecule has 128 valence electrons. The zero-order valence-electron chi connectivity index (χ0n) is 13.0. The van der Waals surface area contributed by atoms with Gasteiger partial charge in [0.05, 0.1) is 11.1 Å². The number of methoxy groups -OCH3 is 1. The number of piperidine rings is 1. The molecule has 0 radical (unpaired) electrons. The Bertz CT molecular complexity index is 658. The maximum Gasteiger partial charge on any atom is 0.328 e. The van der Waals surface area contributed by atoms with Gasteiger partial charge in [-0.3, -0.25) is 19.1 Å². The second-order valence-electron chi connectivity index (χ2n) is 5.82. The molecule has 3 N–H and O–H groups in total. The van der Waals surface area contributed by atoms with Gasteiger partial charge < -0.3 is 15.4 Å². The zero-order chi connectivity index (χ0) is 16.9. The molecule has 1 amide bonds. The van der Waals surface area contributed by atoms with E-state index < -0.39 is 11.2 Å². The molecular weight excluding hydrogens is 368 g/mol. The lowest BCUT2D eigenvalue weighted by molar-refractivity contribution is -0.122. The molecule has 0 bridgehead atoms. The molecule has 1 fully saturated rings. The van der Waals surface area contributed by atoms with E-state index in [1.807, 2.05) is 0 Å². The van der Waals surface area contributed by atoms with Crippen LogP contribution in [-0.4, -0.2) is 48.8 Å². The molecule has 23 heavy (non-hydrogen) atoms. The number of rotatable bonds is 6. The molecule has 0 spiro atoms. The summed E-state index contributed by atoms with van der Waals surface area (Å²) < 4.78 is 6.67. The highest BCUT2D eigenvalue weighted by Crippen LogP contribution is 2.28. The third-order valence-corrected chi connectivity index (χ3v) is 4.62. The van der Waals surface area contributed by atoms with E-state index in [4.69, 9.17) is 4.74 Å². The predicted octanol–water partition coefficient (Wildman–Crippen LogP) is -0.568. The lowest BCUT2D eigenvalue weighted by Crippen LogP contribution is -2.48. The van der Waals surface area contributed by atoms with Crippen molar-refractivity contribution in [2.24, 2.45) is 5.41 Å². The van der Waals surface area contributed by atoms with Crippen molar-refractivity contribution >= 4 is 21.8 Å². The fourth-order valence-corrected chi connectivity index (χ4v) is 3.08. The molecule has 1 saturated heterocycles. The minimum atomic E-state index is -0.609. The lowest BCUT2D eigenvalue weighted by Gasteiger charge is -2.37. The summed E-state index contributed by atoms with van der Waals surface area (Å²) in [6.45, 7) is 2.73. The molecule has 1 aromatic heterocycles. The monoisotopic (exact) mass is 388 g/mol. The molecule has 0 atom stereocenters. The molecule has 2 rings (SSSR count). The number of hydrogen-bond donors (Lipinski definition) is 3. The summed E-state index contributed by atoms with van der Waals surface area (Å²) in [6, 6.07) is 0. The summed E-state index contributed by atoms with van der Waals surface area (Å²) in [5.74, 6) is -0.278. The number of hydrogen-bond acceptors (Lipinski definition) is 5. The third-order valence-electron chi connectivity index (χ3n) is 4.06. The number of carbonyl (C=O) groups excluding carboxylic acids is 1. The van der Waals surface area contributed by atoms with Crippen LogP contribution < -0.4 is 21.9 Å². The Morgan fingerprint density at radius 2 is 2.13 bits per heavy atom. The summed E-state index contributed by atoms with van der Waals surface area (Å²) in [5.41, 5.74) is -1.20. The summed E-state index contributed by atoms with van der Waals surface area (Å²) in [6.07, 6.45) is 3.16. The first-order valence-corrected chi connectivity index (χ1v) is 8.21. The molecule has 9 heteroatoms. The zero-order valence-corrected chi connectivity index (χ0v) is 14.6. The van der Waals surface area contributed by atoms with Crippen LogP contribution in [0.5, 0.6) is 0 Å². The van der Waals surface area contributed by atoms with Crippen LogP contribution in [0.3, 0.4) is 0 Å². The van der Waals surface area contributed by atoms with E-state index in [1.54, 1.807) is 7.11 Å². The average molecular weight is 389 g/mol. The summed E-state index contributed by atoms with van der Waals surface area (Å²) in [5, 5.41) is 6.17. The molecule has 1 aliphatic heterocycles. The van der Waals surface area contributed by atoms with Gasteiger partial charge in [-0.25, -0.2) is 4.79 Å². The summed E-state index contributed by atoms with van der Waals surface area (Å²) in [4.78, 5) is 37.2. The normalized spacial score (nSPS) is 17.0. The Morgan fingerprint density at radius 3 is 2.78 bits per heavy atom. The van der Waals surface area contributed by atoms with Gasteiger partial charge >= 0.3 is 5.69 Å². The summed E-state index contributed by atoms with van der Waals surface area (Å²) in [7, 11) is 1.66. The number of amides is 1. The first-order chi connectivity index (χ1) is 11.0. The largest absolute Gasteiger partial charge is 0.384 e. The number of aromatic nitrogens is 2. The van der Waals surface area contributed by atoms with Crippen molar-refractivity contribution in [1.82, 2.24) is 20.2 Å². The highest BCUT2D eigenvalue weighted by Gasteiger charge is 2.32. The molecule has 1 aromatic rings. The fraction of sp³-hybridized carbons (Fsp3) is 0.643. The quantitative estimate of drug-likeness (QED) is 0.605. The highest BCUT2D eigenvalue weighted by atomic mass is 79.9. The molecule has 8 nitrogen and oxygen atoms in total. The van der Waals surface area contributed by atoms with Gasteiger partial charge in [0, 0.05) is 25.3 Å². The van der Waals surface area contributed by atoms with Gasteiger partial charge in [0.1, 0.15) is 6.54 Å². The van der Waals surface area contributed by atoms with Crippen molar-refractivity contribution in [2.45, 2.75) is 19.4 Å². The fourth-order valence-electron chi connectivity index (χ4n) is 2.73. The molecule has 2 heterocycles. The first-order valence-electron chi connectivity index (χ1n) is 7.41. The minimum Gasteiger partial charge on any atom is -0.384 e. The van der Waals surface area contributed by atoms with Crippen LogP contribution in [-0.2, 0) is 16.1 Å². The van der Waals surface area contributed by atoms with Crippen LogP contribution in [0, 0.1) is 5.41 Å². The minimum absolute atomic E-state index is 0.0772. The van der Waals surface area contributed by atoms with E-state index in [0.29, 0.717) is 13.2 Å². The number of carbonyl (C=O) groups is 1. The number of ether oxygens (including phenoxy) is 1. The Balaban J connectivity index is 1.98. The Hall–Kier alpha value is -1.45. The van der Waals surface area contributed by atoms with Gasteiger partial charge in [-0.15, -0.1) is 0 Å². The van der Waals surface area contributed by atoms with Crippen molar-refractivity contribution in [2.75, 3.05) is 33.4 Å². The van der Waals surface area contributed by atoms with Gasteiger partial charge in [0.2, 0.25) is 5.91 Å². The summed E-state index contributed by atoms with van der Waals surface area (Å²) >= 11 is 3.04. The number of nitrogens with zero attached hydrogens (tertiary/aromatic N) is 1. The number of nitrogens with one attached hydrogen (secondary N) is 3. The van der Waals surface area contributed by atoms with Crippen molar-refractivity contribution < 1.29 is 9.53 Å². The Kier molecular flexibility index (Phi) is 6.14. The van der Waals surface area contributed by atoms with Crippen LogP contribution in [0.15, 0.2) is 20.3 Å². The van der Waals surface area contributed by atoms with Crippen LogP contribution in [0.25, 0.3) is 0 Å². The highest BCUT2D eigenvalue weighted by molar-refractivity contribution is 9.10. The topological polar surface area (TPSA) is 105 Å². The number of halogens is 1. The van der Waals surface area contributed by atoms with Gasteiger partial charge in [0.15, 0.2) is 0 Å². The van der Waals surface area contributed by atoms with Crippen LogP contribution >= 0.6 is 15.9 Å². The van der Waals surface area contributed by atoms with E-state index in [9.17, 15) is 14.4 Å². The van der Waals surface area contributed by atoms with Crippen LogP contribution in [0.1, 0.15) is 12.8 Å². The van der Waals surface area contributed by atoms with Gasteiger partial charge in [-0.2, -0.15) is 0 Å². The number of aromatic amines is 1. The van der Waals surface area contributed by atoms with Gasteiger partial charge in [-0.1, -0.05) is 0 Å². The first kappa shape index (κ1) is 17.9. The van der Waals surface area contributed by atoms with Crippen LogP contribution in [0.2, 0.25) is 0 Å². The van der Waals surface area contributed by atoms with Crippen molar-refractivity contribution in [3.05, 3.63) is 31.5 Å². The van der Waals surface area contributed by atoms with Crippen LogP contribution in [0.4, 0.5) is 0 Å². The van der Waals surface area contributed by atoms with Crippen molar-refractivity contribution in [3.8, 4) is 0 Å². The second kappa shape index (κ2) is 7.89.